The van der Waals surface area contributed by atoms with Crippen LogP contribution in [-0.4, -0.2) is 35.5 Å². The Labute approximate surface area is 218 Å². The number of rotatable bonds is 7. The van der Waals surface area contributed by atoms with Gasteiger partial charge in [-0.05, 0) is 28.8 Å². The standard InChI is InChI=1S/C29H27F3N4O2/c1-38-22-14-12-21(13-15-22)25-16-26(29(30,31)32)36-27(35-25)24(18-34-36)28(37)33-17-23(19-8-4-2-5-9-19)20-10-6-3-7-11-20/h2-15,18,23,25-26,35H,16-17H2,1H3,(H,33,37). The van der Waals surface area contributed by atoms with Crippen molar-refractivity contribution in [2.75, 3.05) is 19.0 Å². The molecule has 2 N–H and O–H groups in total. The molecular formula is C29H27F3N4O2. The maximum atomic E-state index is 14.1. The summed E-state index contributed by atoms with van der Waals surface area (Å²) in [6, 6.07) is 23.8. The number of alkyl halides is 3. The first-order valence-corrected chi connectivity index (χ1v) is 12.3. The Balaban J connectivity index is 1.41. The van der Waals surface area contributed by atoms with E-state index in [1.165, 1.54) is 13.3 Å². The van der Waals surface area contributed by atoms with Crippen LogP contribution in [0.15, 0.2) is 91.1 Å². The third kappa shape index (κ3) is 5.22. The minimum atomic E-state index is -4.53. The number of carbonyl (C=O) groups excluding carboxylic acids is 1. The largest absolute Gasteiger partial charge is 0.497 e. The lowest BCUT2D eigenvalue weighted by molar-refractivity contribution is -0.173. The Morgan fingerprint density at radius 1 is 1.03 bits per heavy atom. The van der Waals surface area contributed by atoms with E-state index in [2.05, 4.69) is 15.7 Å². The highest BCUT2D eigenvalue weighted by atomic mass is 19.4. The molecule has 0 fully saturated rings. The second kappa shape index (κ2) is 10.6. The molecule has 0 bridgehead atoms. The zero-order valence-electron chi connectivity index (χ0n) is 20.7. The number of benzene rings is 3. The summed E-state index contributed by atoms with van der Waals surface area (Å²) < 4.78 is 48.2. The van der Waals surface area contributed by atoms with Crippen LogP contribution in [0.5, 0.6) is 5.75 Å². The number of nitrogens with zero attached hydrogens (tertiary/aromatic N) is 2. The van der Waals surface area contributed by atoms with Crippen molar-refractivity contribution in [1.29, 1.82) is 0 Å². The molecule has 196 valence electrons. The van der Waals surface area contributed by atoms with E-state index < -0.39 is 24.2 Å². The summed E-state index contributed by atoms with van der Waals surface area (Å²) in [7, 11) is 1.52. The van der Waals surface area contributed by atoms with Gasteiger partial charge in [0.2, 0.25) is 0 Å². The first-order valence-electron chi connectivity index (χ1n) is 12.3. The number of methoxy groups -OCH3 is 1. The lowest BCUT2D eigenvalue weighted by atomic mass is 9.91. The Kier molecular flexibility index (Phi) is 7.09. The minimum absolute atomic E-state index is 0.0489. The van der Waals surface area contributed by atoms with E-state index in [0.29, 0.717) is 11.3 Å². The quantitative estimate of drug-likeness (QED) is 0.308. The van der Waals surface area contributed by atoms with Gasteiger partial charge in [0, 0.05) is 18.9 Å². The smallest absolute Gasteiger partial charge is 0.410 e. The molecule has 2 atom stereocenters. The summed E-state index contributed by atoms with van der Waals surface area (Å²) in [6.07, 6.45) is -3.59. The van der Waals surface area contributed by atoms with E-state index in [1.807, 2.05) is 60.7 Å². The number of amides is 1. The Morgan fingerprint density at radius 3 is 2.18 bits per heavy atom. The number of aromatic nitrogens is 2. The van der Waals surface area contributed by atoms with Gasteiger partial charge < -0.3 is 15.4 Å². The van der Waals surface area contributed by atoms with Crippen molar-refractivity contribution in [1.82, 2.24) is 15.1 Å². The van der Waals surface area contributed by atoms with E-state index in [4.69, 9.17) is 4.74 Å². The van der Waals surface area contributed by atoms with Crippen LogP contribution in [0.1, 0.15) is 51.5 Å². The summed E-state index contributed by atoms with van der Waals surface area (Å²) in [4.78, 5) is 13.3. The molecule has 0 radical (unpaired) electrons. The van der Waals surface area contributed by atoms with Crippen molar-refractivity contribution in [2.45, 2.75) is 30.6 Å². The first-order chi connectivity index (χ1) is 18.3. The molecule has 2 heterocycles. The summed E-state index contributed by atoms with van der Waals surface area (Å²) in [5, 5.41) is 10.0. The Bertz CT molecular complexity index is 1330. The first kappa shape index (κ1) is 25.4. The van der Waals surface area contributed by atoms with Crippen LogP contribution in [0.4, 0.5) is 19.0 Å². The van der Waals surface area contributed by atoms with Crippen LogP contribution in [0.3, 0.4) is 0 Å². The fraction of sp³-hybridized carbons (Fsp3) is 0.241. The van der Waals surface area contributed by atoms with Crippen LogP contribution >= 0.6 is 0 Å². The van der Waals surface area contributed by atoms with E-state index in [-0.39, 0.29) is 30.3 Å². The van der Waals surface area contributed by atoms with E-state index in [9.17, 15) is 18.0 Å². The van der Waals surface area contributed by atoms with Crippen LogP contribution in [-0.2, 0) is 0 Å². The van der Waals surface area contributed by atoms with Gasteiger partial charge in [-0.3, -0.25) is 4.79 Å². The molecule has 0 saturated heterocycles. The van der Waals surface area contributed by atoms with Crippen LogP contribution in [0, 0.1) is 0 Å². The monoisotopic (exact) mass is 520 g/mol. The third-order valence-electron chi connectivity index (χ3n) is 6.87. The molecular weight excluding hydrogens is 493 g/mol. The van der Waals surface area contributed by atoms with Crippen LogP contribution in [0.25, 0.3) is 0 Å². The number of hydrogen-bond donors (Lipinski definition) is 2. The zero-order valence-corrected chi connectivity index (χ0v) is 20.7. The highest BCUT2D eigenvalue weighted by Crippen LogP contribution is 2.44. The van der Waals surface area contributed by atoms with Crippen molar-refractivity contribution in [2.24, 2.45) is 0 Å². The molecule has 5 rings (SSSR count). The second-order valence-electron chi connectivity index (χ2n) is 9.20. The number of ether oxygens (including phenoxy) is 1. The van der Waals surface area contributed by atoms with Gasteiger partial charge in [-0.25, -0.2) is 4.68 Å². The molecule has 3 aromatic carbocycles. The third-order valence-corrected chi connectivity index (χ3v) is 6.87. The molecule has 0 spiro atoms. The van der Waals surface area contributed by atoms with E-state index >= 15 is 0 Å². The molecule has 38 heavy (non-hydrogen) atoms. The zero-order chi connectivity index (χ0) is 26.7. The highest BCUT2D eigenvalue weighted by molar-refractivity contribution is 5.99. The molecule has 4 aromatic rings. The second-order valence-corrected chi connectivity index (χ2v) is 9.20. The fourth-order valence-corrected chi connectivity index (χ4v) is 4.87. The highest BCUT2D eigenvalue weighted by Gasteiger charge is 2.47. The van der Waals surface area contributed by atoms with Crippen LogP contribution in [0.2, 0.25) is 0 Å². The van der Waals surface area contributed by atoms with E-state index in [1.54, 1.807) is 24.3 Å². The Morgan fingerprint density at radius 2 is 1.63 bits per heavy atom. The molecule has 2 unspecified atom stereocenters. The van der Waals surface area contributed by atoms with Gasteiger partial charge in [0.25, 0.3) is 5.91 Å². The number of anilines is 1. The lowest BCUT2D eigenvalue weighted by Crippen LogP contribution is -2.36. The fourth-order valence-electron chi connectivity index (χ4n) is 4.87. The van der Waals surface area contributed by atoms with E-state index in [0.717, 1.165) is 15.8 Å². The summed E-state index contributed by atoms with van der Waals surface area (Å²) in [6.45, 7) is 0.266. The maximum Gasteiger partial charge on any atom is 0.410 e. The maximum absolute atomic E-state index is 14.1. The van der Waals surface area contributed by atoms with Crippen molar-refractivity contribution < 1.29 is 22.7 Å². The van der Waals surface area contributed by atoms with Crippen molar-refractivity contribution in [3.63, 3.8) is 0 Å². The summed E-state index contributed by atoms with van der Waals surface area (Å²) in [5.74, 6) is 0.0314. The molecule has 1 aromatic heterocycles. The van der Waals surface area contributed by atoms with Gasteiger partial charge in [0.15, 0.2) is 6.04 Å². The Hall–Kier alpha value is -4.27. The normalized spacial score (nSPS) is 17.0. The number of halogens is 3. The van der Waals surface area contributed by atoms with Gasteiger partial charge in [-0.15, -0.1) is 0 Å². The molecule has 0 saturated carbocycles. The predicted octanol–water partition coefficient (Wildman–Crippen LogP) is 6.11. The number of fused-ring (bicyclic) bond motifs is 1. The molecule has 9 heteroatoms. The van der Waals surface area contributed by atoms with Crippen molar-refractivity contribution >= 4 is 11.7 Å². The topological polar surface area (TPSA) is 68.2 Å². The van der Waals surface area contributed by atoms with Crippen molar-refractivity contribution in [3.8, 4) is 5.75 Å². The van der Waals surface area contributed by atoms with Gasteiger partial charge in [-0.1, -0.05) is 72.8 Å². The predicted molar refractivity (Wildman–Crippen MR) is 138 cm³/mol. The number of hydrogen-bond acceptors (Lipinski definition) is 4. The van der Waals surface area contributed by atoms with Gasteiger partial charge in [0.1, 0.15) is 17.1 Å². The molecule has 6 nitrogen and oxygen atoms in total. The number of carbonyl (C=O) groups is 1. The van der Waals surface area contributed by atoms with Gasteiger partial charge in [0.05, 0.1) is 19.3 Å². The molecule has 1 aliphatic rings. The molecule has 1 amide bonds. The SMILES string of the molecule is COc1ccc(C2CC(C(F)(F)F)n3ncc(C(=O)NCC(c4ccccc4)c4ccccc4)c3N2)cc1. The van der Waals surface area contributed by atoms with Gasteiger partial charge >= 0.3 is 6.18 Å². The summed E-state index contributed by atoms with van der Waals surface area (Å²) in [5.41, 5.74) is 2.76. The van der Waals surface area contributed by atoms with Crippen molar-refractivity contribution in [3.05, 3.63) is 113 Å². The number of nitrogens with one attached hydrogen (secondary N) is 2. The van der Waals surface area contributed by atoms with Gasteiger partial charge in [-0.2, -0.15) is 18.3 Å². The average molecular weight is 521 g/mol. The molecule has 0 aliphatic carbocycles. The minimum Gasteiger partial charge on any atom is -0.497 e. The van der Waals surface area contributed by atoms with Crippen LogP contribution < -0.4 is 15.4 Å². The summed E-state index contributed by atoms with van der Waals surface area (Å²) >= 11 is 0. The molecule has 1 aliphatic heterocycles. The average Bonchev–Trinajstić information content (AvgIpc) is 3.37. The lowest BCUT2D eigenvalue weighted by Gasteiger charge is -2.34.